The van der Waals surface area contributed by atoms with Gasteiger partial charge < -0.3 is 4.74 Å². The highest BCUT2D eigenvalue weighted by Crippen LogP contribution is 2.52. The van der Waals surface area contributed by atoms with E-state index in [-0.39, 0.29) is 5.97 Å². The molecule has 2 aliphatic rings. The molecule has 0 amide bonds. The normalized spacial score (nSPS) is 21.9. The van der Waals surface area contributed by atoms with Crippen LogP contribution in [-0.2, 0) is 16.0 Å². The van der Waals surface area contributed by atoms with Crippen molar-refractivity contribution in [3.63, 3.8) is 0 Å². The number of esters is 1. The quantitative estimate of drug-likeness (QED) is 0.270. The van der Waals surface area contributed by atoms with Crippen LogP contribution in [0.5, 0.6) is 0 Å². The summed E-state index contributed by atoms with van der Waals surface area (Å²) in [4.78, 5) is 15.9. The Kier molecular flexibility index (Phi) is 7.14. The monoisotopic (exact) mass is 420 g/mol. The number of benzene rings is 1. The van der Waals surface area contributed by atoms with Gasteiger partial charge >= 0.3 is 5.97 Å². The van der Waals surface area contributed by atoms with Gasteiger partial charge in [-0.25, -0.2) is 4.79 Å². The number of hydrogen-bond acceptors (Lipinski definition) is 3. The van der Waals surface area contributed by atoms with E-state index in [9.17, 15) is 4.79 Å². The van der Waals surface area contributed by atoms with Gasteiger partial charge in [0.1, 0.15) is 0 Å². The van der Waals surface area contributed by atoms with E-state index in [0.717, 1.165) is 30.0 Å². The number of thiophene rings is 1. The van der Waals surface area contributed by atoms with Gasteiger partial charge in [-0.2, -0.15) is 0 Å². The minimum Gasteiger partial charge on any atom is -0.463 e. The van der Waals surface area contributed by atoms with Crippen molar-refractivity contribution < 1.29 is 9.53 Å². The molecule has 2 bridgehead atoms. The minimum atomic E-state index is -0.0990. The fourth-order valence-electron chi connectivity index (χ4n) is 5.72. The molecule has 0 radical (unpaired) electrons. The Morgan fingerprint density at radius 2 is 1.70 bits per heavy atom. The molecule has 4 rings (SSSR count). The van der Waals surface area contributed by atoms with Gasteiger partial charge in [0, 0.05) is 15.3 Å². The molecule has 0 spiro atoms. The molecule has 0 unspecified atom stereocenters. The van der Waals surface area contributed by atoms with Crippen LogP contribution in [0.2, 0.25) is 11.6 Å². The fraction of sp³-hybridized carbons (Fsp3) is 0.500. The van der Waals surface area contributed by atoms with E-state index in [0.29, 0.717) is 13.3 Å². The van der Waals surface area contributed by atoms with Gasteiger partial charge in [0.2, 0.25) is 0 Å². The van der Waals surface area contributed by atoms with E-state index in [1.807, 2.05) is 18.3 Å². The van der Waals surface area contributed by atoms with Gasteiger partial charge in [0.15, 0.2) is 6.71 Å². The van der Waals surface area contributed by atoms with Crippen molar-refractivity contribution in [2.75, 3.05) is 6.61 Å². The summed E-state index contributed by atoms with van der Waals surface area (Å²) in [5.41, 5.74) is 3.55. The number of fused-ring (bicyclic) bond motifs is 2. The van der Waals surface area contributed by atoms with Crippen molar-refractivity contribution in [1.82, 2.24) is 0 Å². The van der Waals surface area contributed by atoms with Gasteiger partial charge in [-0.1, -0.05) is 86.0 Å². The zero-order valence-electron chi connectivity index (χ0n) is 18.4. The lowest BCUT2D eigenvalue weighted by atomic mass is 9.23. The molecule has 2 fully saturated rings. The van der Waals surface area contributed by atoms with Crippen LogP contribution < -0.4 is 0 Å². The Morgan fingerprint density at radius 1 is 1.03 bits per heavy atom. The van der Waals surface area contributed by atoms with E-state index in [4.69, 9.17) is 4.74 Å². The average Bonchev–Trinajstić information content (AvgIpc) is 3.17. The first-order chi connectivity index (χ1) is 14.7. The molecule has 4 heteroatoms. The van der Waals surface area contributed by atoms with Crippen LogP contribution in [0.25, 0.3) is 5.47 Å². The third kappa shape index (κ3) is 4.75. The Labute approximate surface area is 185 Å². The zero-order valence-corrected chi connectivity index (χ0v) is 19.2. The summed E-state index contributed by atoms with van der Waals surface area (Å²) in [5, 5.41) is 0. The molecule has 2 aromatic rings. The van der Waals surface area contributed by atoms with E-state index < -0.39 is 0 Å². The van der Waals surface area contributed by atoms with Crippen LogP contribution in [0.1, 0.15) is 67.2 Å². The van der Waals surface area contributed by atoms with E-state index in [1.165, 1.54) is 59.3 Å². The maximum atomic E-state index is 13.3. The van der Waals surface area contributed by atoms with Crippen molar-refractivity contribution in [1.29, 1.82) is 0 Å². The third-order valence-electron chi connectivity index (χ3n) is 7.01. The molecule has 0 aliphatic carbocycles. The Morgan fingerprint density at radius 3 is 2.27 bits per heavy atom. The molecule has 0 saturated carbocycles. The maximum absolute atomic E-state index is 13.3. The molecule has 0 N–H and O–H groups in total. The van der Waals surface area contributed by atoms with E-state index in [1.54, 1.807) is 0 Å². The summed E-state index contributed by atoms with van der Waals surface area (Å²) in [6, 6.07) is 15.0. The van der Waals surface area contributed by atoms with Crippen LogP contribution in [0, 0.1) is 6.92 Å². The number of rotatable bonds is 7. The summed E-state index contributed by atoms with van der Waals surface area (Å²) in [6.45, 7) is 5.03. The number of hydrogen-bond donors (Lipinski definition) is 0. The van der Waals surface area contributed by atoms with Crippen molar-refractivity contribution in [3.05, 3.63) is 63.4 Å². The molecule has 1 aromatic carbocycles. The first kappa shape index (κ1) is 21.4. The topological polar surface area (TPSA) is 26.3 Å². The lowest BCUT2D eigenvalue weighted by Crippen LogP contribution is -2.37. The zero-order chi connectivity index (χ0) is 20.9. The highest BCUT2D eigenvalue weighted by Gasteiger charge is 2.43. The number of ether oxygens (including phenoxy) is 1. The number of carbonyl (C=O) groups is 1. The number of carbonyl (C=O) groups excluding carboxylic acids is 1. The summed E-state index contributed by atoms with van der Waals surface area (Å²) in [5.74, 6) is 1.34. The van der Waals surface area contributed by atoms with Crippen LogP contribution >= 0.6 is 11.3 Å². The van der Waals surface area contributed by atoms with E-state index in [2.05, 4.69) is 49.4 Å². The van der Waals surface area contributed by atoms with Gasteiger partial charge in [0.05, 0.1) is 6.61 Å². The predicted octanol–water partition coefficient (Wildman–Crippen LogP) is 7.15. The largest absolute Gasteiger partial charge is 0.463 e. The van der Waals surface area contributed by atoms with Gasteiger partial charge in [-0.05, 0) is 44.4 Å². The summed E-state index contributed by atoms with van der Waals surface area (Å²) >= 11 is 1.85. The molecular formula is C26H33BO2S. The van der Waals surface area contributed by atoms with Crippen LogP contribution in [0.4, 0.5) is 0 Å². The predicted molar refractivity (Wildman–Crippen MR) is 128 cm³/mol. The summed E-state index contributed by atoms with van der Waals surface area (Å²) < 4.78 is 5.62. The fourth-order valence-corrected chi connectivity index (χ4v) is 6.71. The summed E-state index contributed by atoms with van der Waals surface area (Å²) in [6.07, 6.45) is 9.57. The van der Waals surface area contributed by atoms with Crippen molar-refractivity contribution in [2.45, 2.75) is 76.8 Å². The first-order valence-electron chi connectivity index (χ1n) is 11.7. The highest BCUT2D eigenvalue weighted by molar-refractivity contribution is 7.14. The molecule has 2 aliphatic heterocycles. The molecular weight excluding hydrogens is 387 g/mol. The molecule has 158 valence electrons. The molecule has 30 heavy (non-hydrogen) atoms. The maximum Gasteiger partial charge on any atom is 0.333 e. The Balaban J connectivity index is 1.78. The standard InChI is InChI=1S/C26H33BO2S/c1-3-29-26(28)23(17-16-20-9-5-4-6-10-20)25(24-18-15-19(2)30-24)27-21-11-7-12-22(27)14-8-13-21/h4-6,9-10,15,18,21-22H,3,7-8,11-14,16-17H2,1-2H3/b25-23-. The van der Waals surface area contributed by atoms with Crippen molar-refractivity contribution in [2.24, 2.45) is 0 Å². The Hall–Kier alpha value is -1.81. The van der Waals surface area contributed by atoms with Crippen LogP contribution in [-0.4, -0.2) is 19.3 Å². The lowest BCUT2D eigenvalue weighted by molar-refractivity contribution is -0.138. The second-order valence-corrected chi connectivity index (χ2v) is 10.2. The summed E-state index contributed by atoms with van der Waals surface area (Å²) in [7, 11) is 0. The Bertz CT molecular complexity index is 863. The van der Waals surface area contributed by atoms with Crippen molar-refractivity contribution >= 4 is 29.5 Å². The number of aryl methyl sites for hydroxylation is 2. The minimum absolute atomic E-state index is 0.0990. The third-order valence-corrected chi connectivity index (χ3v) is 8.04. The van der Waals surface area contributed by atoms with Crippen LogP contribution in [0.15, 0.2) is 48.0 Å². The smallest absolute Gasteiger partial charge is 0.333 e. The van der Waals surface area contributed by atoms with Gasteiger partial charge in [-0.3, -0.25) is 0 Å². The van der Waals surface area contributed by atoms with Gasteiger partial charge in [0.25, 0.3) is 0 Å². The molecule has 1 aromatic heterocycles. The highest BCUT2D eigenvalue weighted by atomic mass is 32.1. The van der Waals surface area contributed by atoms with E-state index >= 15 is 0 Å². The van der Waals surface area contributed by atoms with Crippen LogP contribution in [0.3, 0.4) is 0 Å². The molecule has 2 saturated heterocycles. The van der Waals surface area contributed by atoms with Crippen molar-refractivity contribution in [3.8, 4) is 0 Å². The van der Waals surface area contributed by atoms with Gasteiger partial charge in [-0.15, -0.1) is 11.3 Å². The second kappa shape index (κ2) is 10.0. The SMILES string of the molecule is CCOC(=O)/C(CCc1ccccc1)=C(\B1C2CCCC1CCC2)c1ccc(C)s1. The molecule has 0 atom stereocenters. The average molecular weight is 420 g/mol. The first-order valence-corrected chi connectivity index (χ1v) is 12.5. The molecule has 2 nitrogen and oxygen atoms in total. The second-order valence-electron chi connectivity index (χ2n) is 8.92. The lowest BCUT2D eigenvalue weighted by Gasteiger charge is -2.42. The molecule has 3 heterocycles.